The molecule has 0 radical (unpaired) electrons. The van der Waals surface area contributed by atoms with Gasteiger partial charge in [0.15, 0.2) is 0 Å². The molecular weight excluding hydrogens is 250 g/mol. The zero-order valence-electron chi connectivity index (χ0n) is 12.6. The number of amides is 1. The van der Waals surface area contributed by atoms with Crippen molar-refractivity contribution in [2.75, 3.05) is 13.1 Å². The van der Waals surface area contributed by atoms with Crippen LogP contribution >= 0.6 is 0 Å². The van der Waals surface area contributed by atoms with Crippen LogP contribution in [0.4, 0.5) is 0 Å². The first-order chi connectivity index (χ1) is 9.67. The summed E-state index contributed by atoms with van der Waals surface area (Å²) >= 11 is 0. The summed E-state index contributed by atoms with van der Waals surface area (Å²) in [6.07, 6.45) is 7.69. The maximum Gasteiger partial charge on any atom is 0.274 e. The zero-order chi connectivity index (χ0) is 14.1. The number of nitrogens with zero attached hydrogens (tertiary/aromatic N) is 3. The lowest BCUT2D eigenvalue weighted by Crippen LogP contribution is -2.38. The van der Waals surface area contributed by atoms with Crippen molar-refractivity contribution in [2.24, 2.45) is 11.8 Å². The molecule has 2 aliphatic heterocycles. The predicted molar refractivity (Wildman–Crippen MR) is 78.6 cm³/mol. The number of fused-ring (bicyclic) bond motifs is 1. The van der Waals surface area contributed by atoms with Crippen molar-refractivity contribution in [1.29, 1.82) is 0 Å². The lowest BCUT2D eigenvalue weighted by atomic mass is 9.94. The van der Waals surface area contributed by atoms with Crippen molar-refractivity contribution in [2.45, 2.75) is 52.5 Å². The van der Waals surface area contributed by atoms with Crippen LogP contribution in [0, 0.1) is 11.8 Å². The summed E-state index contributed by atoms with van der Waals surface area (Å²) in [6, 6.07) is 0. The molecular formula is C16H25N3O. The Kier molecular flexibility index (Phi) is 3.81. The molecule has 2 aliphatic rings. The first-order valence-corrected chi connectivity index (χ1v) is 8.02. The van der Waals surface area contributed by atoms with Crippen molar-refractivity contribution < 1.29 is 4.79 Å². The summed E-state index contributed by atoms with van der Waals surface area (Å²) in [5.41, 5.74) is 0.657. The van der Waals surface area contributed by atoms with Gasteiger partial charge in [-0.3, -0.25) is 4.79 Å². The average molecular weight is 275 g/mol. The summed E-state index contributed by atoms with van der Waals surface area (Å²) in [7, 11) is 0. The zero-order valence-corrected chi connectivity index (χ0v) is 12.6. The standard InChI is InChI=1S/C16H25N3O/c1-3-13-5-8-18(9-6-13)16(20)14-11-19-7-4-12(2)10-15(19)17-14/h11-13H,3-10H2,1-2H3/t12-/m0/s1. The molecule has 0 aromatic carbocycles. The molecule has 0 spiro atoms. The van der Waals surface area contributed by atoms with Crippen LogP contribution in [0.25, 0.3) is 0 Å². The minimum Gasteiger partial charge on any atom is -0.337 e. The van der Waals surface area contributed by atoms with E-state index >= 15 is 0 Å². The van der Waals surface area contributed by atoms with Crippen molar-refractivity contribution in [3.63, 3.8) is 0 Å². The fraction of sp³-hybridized carbons (Fsp3) is 0.750. The average Bonchev–Trinajstić information content (AvgIpc) is 2.89. The van der Waals surface area contributed by atoms with Crippen molar-refractivity contribution in [1.82, 2.24) is 14.5 Å². The number of rotatable bonds is 2. The number of hydrogen-bond donors (Lipinski definition) is 0. The molecule has 3 rings (SSSR count). The van der Waals surface area contributed by atoms with E-state index in [0.717, 1.165) is 50.6 Å². The van der Waals surface area contributed by atoms with Crippen LogP contribution in [0.15, 0.2) is 6.20 Å². The molecule has 0 unspecified atom stereocenters. The number of carbonyl (C=O) groups excluding carboxylic acids is 1. The molecule has 20 heavy (non-hydrogen) atoms. The van der Waals surface area contributed by atoms with E-state index in [2.05, 4.69) is 23.4 Å². The van der Waals surface area contributed by atoms with Crippen LogP contribution in [-0.2, 0) is 13.0 Å². The molecule has 3 heterocycles. The van der Waals surface area contributed by atoms with Gasteiger partial charge in [0.1, 0.15) is 11.5 Å². The lowest BCUT2D eigenvalue weighted by Gasteiger charge is -2.31. The molecule has 0 aliphatic carbocycles. The third kappa shape index (κ3) is 2.60. The van der Waals surface area contributed by atoms with E-state index in [9.17, 15) is 4.79 Å². The molecule has 4 heteroatoms. The van der Waals surface area contributed by atoms with Crippen molar-refractivity contribution in [3.8, 4) is 0 Å². The van der Waals surface area contributed by atoms with E-state index in [-0.39, 0.29) is 5.91 Å². The van der Waals surface area contributed by atoms with Gasteiger partial charge in [-0.1, -0.05) is 20.3 Å². The summed E-state index contributed by atoms with van der Waals surface area (Å²) < 4.78 is 2.17. The molecule has 110 valence electrons. The number of imidazole rings is 1. The largest absolute Gasteiger partial charge is 0.337 e. The van der Waals surface area contributed by atoms with Gasteiger partial charge in [0.25, 0.3) is 5.91 Å². The maximum atomic E-state index is 12.5. The molecule has 1 atom stereocenters. The van der Waals surface area contributed by atoms with Crippen LogP contribution in [0.2, 0.25) is 0 Å². The Morgan fingerprint density at radius 3 is 2.75 bits per heavy atom. The first-order valence-electron chi connectivity index (χ1n) is 8.02. The highest BCUT2D eigenvalue weighted by Crippen LogP contribution is 2.23. The molecule has 1 saturated heterocycles. The van der Waals surface area contributed by atoms with Gasteiger partial charge in [-0.2, -0.15) is 0 Å². The lowest BCUT2D eigenvalue weighted by molar-refractivity contribution is 0.0683. The van der Waals surface area contributed by atoms with Crippen LogP contribution in [0.5, 0.6) is 0 Å². The van der Waals surface area contributed by atoms with Gasteiger partial charge in [0.2, 0.25) is 0 Å². The smallest absolute Gasteiger partial charge is 0.274 e. The third-order valence-electron chi connectivity index (χ3n) is 4.95. The van der Waals surface area contributed by atoms with Crippen LogP contribution < -0.4 is 0 Å². The summed E-state index contributed by atoms with van der Waals surface area (Å²) in [5, 5.41) is 0. The monoisotopic (exact) mass is 275 g/mol. The molecule has 1 aromatic rings. The molecule has 4 nitrogen and oxygen atoms in total. The molecule has 0 saturated carbocycles. The SMILES string of the molecule is CCC1CCN(C(=O)c2cn3c(n2)C[C@@H](C)CC3)CC1. The van der Waals surface area contributed by atoms with Gasteiger partial charge in [-0.15, -0.1) is 0 Å². The highest BCUT2D eigenvalue weighted by molar-refractivity contribution is 5.92. The molecule has 1 aromatic heterocycles. The number of carbonyl (C=O) groups is 1. The Morgan fingerprint density at radius 2 is 2.05 bits per heavy atom. The highest BCUT2D eigenvalue weighted by Gasteiger charge is 2.26. The quantitative estimate of drug-likeness (QED) is 0.832. The van der Waals surface area contributed by atoms with Crippen LogP contribution in [-0.4, -0.2) is 33.4 Å². The normalized spacial score (nSPS) is 23.7. The van der Waals surface area contributed by atoms with Crippen molar-refractivity contribution >= 4 is 5.91 Å². The van der Waals surface area contributed by atoms with Crippen LogP contribution in [0.1, 0.15) is 55.8 Å². The molecule has 0 bridgehead atoms. The van der Waals surface area contributed by atoms with E-state index in [4.69, 9.17) is 0 Å². The highest BCUT2D eigenvalue weighted by atomic mass is 16.2. The maximum absolute atomic E-state index is 12.5. The number of hydrogen-bond acceptors (Lipinski definition) is 2. The Labute approximate surface area is 121 Å². The predicted octanol–water partition coefficient (Wildman–Crippen LogP) is 2.73. The van der Waals surface area contributed by atoms with Gasteiger partial charge in [0, 0.05) is 32.3 Å². The van der Waals surface area contributed by atoms with E-state index in [0.29, 0.717) is 11.6 Å². The van der Waals surface area contributed by atoms with Gasteiger partial charge >= 0.3 is 0 Å². The van der Waals surface area contributed by atoms with E-state index in [1.54, 1.807) is 0 Å². The molecule has 1 amide bonds. The van der Waals surface area contributed by atoms with E-state index in [1.165, 1.54) is 12.8 Å². The Hall–Kier alpha value is -1.32. The second kappa shape index (κ2) is 5.58. The minimum atomic E-state index is 0.133. The first kappa shape index (κ1) is 13.7. The summed E-state index contributed by atoms with van der Waals surface area (Å²) in [5.74, 6) is 2.72. The van der Waals surface area contributed by atoms with Crippen LogP contribution in [0.3, 0.4) is 0 Å². The summed E-state index contributed by atoms with van der Waals surface area (Å²) in [4.78, 5) is 19.1. The van der Waals surface area contributed by atoms with E-state index in [1.807, 2.05) is 11.1 Å². The Balaban J connectivity index is 1.69. The molecule has 1 fully saturated rings. The summed E-state index contributed by atoms with van der Waals surface area (Å²) in [6.45, 7) is 7.31. The fourth-order valence-electron chi connectivity index (χ4n) is 3.39. The second-order valence-electron chi connectivity index (χ2n) is 6.48. The molecule has 0 N–H and O–H groups in total. The third-order valence-corrected chi connectivity index (χ3v) is 4.95. The minimum absolute atomic E-state index is 0.133. The van der Waals surface area contributed by atoms with E-state index < -0.39 is 0 Å². The van der Waals surface area contributed by atoms with Gasteiger partial charge in [-0.25, -0.2) is 4.98 Å². The topological polar surface area (TPSA) is 38.1 Å². The number of piperidine rings is 1. The fourth-order valence-corrected chi connectivity index (χ4v) is 3.39. The van der Waals surface area contributed by atoms with Crippen molar-refractivity contribution in [3.05, 3.63) is 17.7 Å². The number of likely N-dealkylation sites (tertiary alicyclic amines) is 1. The second-order valence-corrected chi connectivity index (χ2v) is 6.48. The number of aryl methyl sites for hydroxylation is 1. The van der Waals surface area contributed by atoms with Gasteiger partial charge < -0.3 is 9.47 Å². The number of aromatic nitrogens is 2. The van der Waals surface area contributed by atoms with Gasteiger partial charge in [-0.05, 0) is 31.1 Å². The Morgan fingerprint density at radius 1 is 1.30 bits per heavy atom. The van der Waals surface area contributed by atoms with Gasteiger partial charge in [0.05, 0.1) is 0 Å². The Bertz CT molecular complexity index is 486.